The average Bonchev–Trinajstić information content (AvgIpc) is 2.96. The van der Waals surface area contributed by atoms with Gasteiger partial charge in [0.15, 0.2) is 0 Å². The molecule has 0 aliphatic carbocycles. The molecule has 1 amide bonds. The topological polar surface area (TPSA) is 59.3 Å². The fourth-order valence-electron chi connectivity index (χ4n) is 3.94. The number of imidazole rings is 1. The molecule has 3 aromatic rings. The number of hydrogen-bond acceptors (Lipinski definition) is 3. The third kappa shape index (κ3) is 3.33. The van der Waals surface area contributed by atoms with E-state index in [0.29, 0.717) is 26.2 Å². The van der Waals surface area contributed by atoms with Gasteiger partial charge in [0.1, 0.15) is 5.82 Å². The van der Waals surface area contributed by atoms with E-state index in [4.69, 9.17) is 0 Å². The zero-order chi connectivity index (χ0) is 19.7. The summed E-state index contributed by atoms with van der Waals surface area (Å²) in [5.41, 5.74) is 2.32. The van der Waals surface area contributed by atoms with Crippen LogP contribution < -0.4 is 11.0 Å². The Bertz CT molecular complexity index is 1070. The first-order valence-corrected chi connectivity index (χ1v) is 9.46. The zero-order valence-electron chi connectivity index (χ0n) is 15.8. The van der Waals surface area contributed by atoms with Crippen molar-refractivity contribution in [3.8, 4) is 0 Å². The molecule has 0 saturated carbocycles. The molecule has 2 heterocycles. The van der Waals surface area contributed by atoms with Gasteiger partial charge in [0, 0.05) is 39.6 Å². The molecule has 28 heavy (non-hydrogen) atoms. The van der Waals surface area contributed by atoms with Crippen LogP contribution in [0.5, 0.6) is 0 Å². The van der Waals surface area contributed by atoms with Crippen molar-refractivity contribution in [1.29, 1.82) is 0 Å². The van der Waals surface area contributed by atoms with Crippen molar-refractivity contribution in [2.24, 2.45) is 7.05 Å². The Morgan fingerprint density at radius 2 is 1.96 bits per heavy atom. The molecule has 1 aliphatic rings. The van der Waals surface area contributed by atoms with Crippen LogP contribution in [-0.4, -0.2) is 39.6 Å². The molecule has 146 valence electrons. The Kier molecular flexibility index (Phi) is 5.00. The van der Waals surface area contributed by atoms with Gasteiger partial charge in [0.2, 0.25) is 5.91 Å². The van der Waals surface area contributed by atoms with Crippen molar-refractivity contribution < 1.29 is 9.18 Å². The van der Waals surface area contributed by atoms with E-state index in [9.17, 15) is 14.0 Å². The van der Waals surface area contributed by atoms with E-state index in [2.05, 4.69) is 5.32 Å². The fraction of sp³-hybridized carbons (Fsp3) is 0.333. The molecule has 1 atom stereocenters. The maximum atomic E-state index is 13.7. The molecule has 4 rings (SSSR count). The Hall–Kier alpha value is -2.93. The largest absolute Gasteiger partial charge is 0.333 e. The van der Waals surface area contributed by atoms with Crippen LogP contribution in [0.1, 0.15) is 18.0 Å². The van der Waals surface area contributed by atoms with Gasteiger partial charge in [-0.15, -0.1) is 0 Å². The lowest BCUT2D eigenvalue weighted by atomic mass is 10.0. The van der Waals surface area contributed by atoms with Crippen molar-refractivity contribution >= 4 is 16.9 Å². The number of benzene rings is 2. The van der Waals surface area contributed by atoms with Crippen LogP contribution in [0.25, 0.3) is 11.0 Å². The van der Waals surface area contributed by atoms with Gasteiger partial charge in [-0.2, -0.15) is 0 Å². The quantitative estimate of drug-likeness (QED) is 0.751. The lowest BCUT2D eigenvalue weighted by Crippen LogP contribution is -2.49. The van der Waals surface area contributed by atoms with E-state index in [1.165, 1.54) is 12.1 Å². The lowest BCUT2D eigenvalue weighted by Gasteiger charge is -2.36. The minimum atomic E-state index is -0.308. The van der Waals surface area contributed by atoms with Gasteiger partial charge in [-0.3, -0.25) is 13.9 Å². The van der Waals surface area contributed by atoms with E-state index in [-0.39, 0.29) is 29.9 Å². The Balaban J connectivity index is 1.55. The molecular weight excluding hydrogens is 359 g/mol. The van der Waals surface area contributed by atoms with Gasteiger partial charge in [-0.05, 0) is 29.8 Å². The van der Waals surface area contributed by atoms with Crippen LogP contribution in [-0.2, 0) is 18.4 Å². The average molecular weight is 382 g/mol. The van der Waals surface area contributed by atoms with Gasteiger partial charge < -0.3 is 10.2 Å². The second-order valence-corrected chi connectivity index (χ2v) is 7.09. The predicted molar refractivity (Wildman–Crippen MR) is 106 cm³/mol. The minimum absolute atomic E-state index is 0.0319. The highest BCUT2D eigenvalue weighted by molar-refractivity contribution is 5.78. The molecule has 6 nitrogen and oxygen atoms in total. The van der Waals surface area contributed by atoms with Crippen LogP contribution in [0.4, 0.5) is 4.39 Å². The fourth-order valence-corrected chi connectivity index (χ4v) is 3.94. The van der Waals surface area contributed by atoms with Gasteiger partial charge in [-0.1, -0.05) is 24.3 Å². The van der Waals surface area contributed by atoms with E-state index < -0.39 is 0 Å². The number of hydrogen-bond donors (Lipinski definition) is 1. The molecule has 1 aliphatic heterocycles. The smallest absolute Gasteiger partial charge is 0.328 e. The zero-order valence-corrected chi connectivity index (χ0v) is 15.8. The molecule has 7 heteroatoms. The van der Waals surface area contributed by atoms with Gasteiger partial charge >= 0.3 is 5.69 Å². The molecule has 1 fully saturated rings. The standard InChI is InChI=1S/C21H23FN4O2/c1-24-17-7-2-3-8-18(17)26(21(24)28)11-9-20(27)25-12-10-23-14-19(25)15-5-4-6-16(22)13-15/h2-8,13,19,23H,9-12,14H2,1H3/t19-/m1/s1. The number of nitrogens with one attached hydrogen (secondary N) is 1. The van der Waals surface area contributed by atoms with Crippen molar-refractivity contribution in [1.82, 2.24) is 19.4 Å². The van der Waals surface area contributed by atoms with E-state index in [0.717, 1.165) is 16.6 Å². The summed E-state index contributed by atoms with van der Waals surface area (Å²) in [4.78, 5) is 27.3. The molecule has 1 N–H and O–H groups in total. The van der Waals surface area contributed by atoms with E-state index >= 15 is 0 Å². The number of nitrogens with zero attached hydrogens (tertiary/aromatic N) is 3. The van der Waals surface area contributed by atoms with Crippen LogP contribution in [0, 0.1) is 5.82 Å². The molecule has 0 bridgehead atoms. The van der Waals surface area contributed by atoms with E-state index in [1.807, 2.05) is 30.3 Å². The summed E-state index contributed by atoms with van der Waals surface area (Å²) in [6.07, 6.45) is 0.222. The van der Waals surface area contributed by atoms with Crippen LogP contribution in [0.3, 0.4) is 0 Å². The molecule has 2 aromatic carbocycles. The number of aryl methyl sites for hydroxylation is 2. The molecule has 1 aromatic heterocycles. The third-order valence-corrected chi connectivity index (χ3v) is 5.40. The Labute approximate surface area is 162 Å². The summed E-state index contributed by atoms with van der Waals surface area (Å²) < 4.78 is 16.9. The SMILES string of the molecule is Cn1c(=O)n(CCC(=O)N2CCNC[C@@H]2c2cccc(F)c2)c2ccccc21. The third-order valence-electron chi connectivity index (χ3n) is 5.40. The number of aromatic nitrogens is 2. The monoisotopic (exact) mass is 382 g/mol. The van der Waals surface area contributed by atoms with Crippen LogP contribution in [0.15, 0.2) is 53.3 Å². The predicted octanol–water partition coefficient (Wildman–Crippen LogP) is 2.04. The molecule has 0 spiro atoms. The maximum Gasteiger partial charge on any atom is 0.328 e. The normalized spacial score (nSPS) is 17.2. The number of rotatable bonds is 4. The van der Waals surface area contributed by atoms with Gasteiger partial charge in [-0.25, -0.2) is 9.18 Å². The maximum absolute atomic E-state index is 13.7. The molecule has 0 radical (unpaired) electrons. The van der Waals surface area contributed by atoms with Crippen molar-refractivity contribution in [3.63, 3.8) is 0 Å². The summed E-state index contributed by atoms with van der Waals surface area (Å²) in [7, 11) is 1.74. The second kappa shape index (κ2) is 7.59. The summed E-state index contributed by atoms with van der Waals surface area (Å²) >= 11 is 0. The van der Waals surface area contributed by atoms with Crippen molar-refractivity contribution in [3.05, 3.63) is 70.4 Å². The highest BCUT2D eigenvalue weighted by Gasteiger charge is 2.28. The van der Waals surface area contributed by atoms with Gasteiger partial charge in [0.05, 0.1) is 17.1 Å². The number of piperazine rings is 1. The Morgan fingerprint density at radius 3 is 2.75 bits per heavy atom. The minimum Gasteiger partial charge on any atom is -0.333 e. The molecule has 1 saturated heterocycles. The number of para-hydroxylation sites is 2. The molecular formula is C21H23FN4O2. The second-order valence-electron chi connectivity index (χ2n) is 7.09. The Morgan fingerprint density at radius 1 is 1.18 bits per heavy atom. The number of halogens is 1. The van der Waals surface area contributed by atoms with Crippen LogP contribution in [0.2, 0.25) is 0 Å². The number of amides is 1. The number of fused-ring (bicyclic) bond motifs is 1. The van der Waals surface area contributed by atoms with Gasteiger partial charge in [0.25, 0.3) is 0 Å². The van der Waals surface area contributed by atoms with E-state index in [1.54, 1.807) is 27.1 Å². The summed E-state index contributed by atoms with van der Waals surface area (Å²) in [5.74, 6) is -0.339. The first-order valence-electron chi connectivity index (χ1n) is 9.46. The summed E-state index contributed by atoms with van der Waals surface area (Å²) in [5, 5.41) is 3.27. The van der Waals surface area contributed by atoms with Crippen molar-refractivity contribution in [2.75, 3.05) is 19.6 Å². The summed E-state index contributed by atoms with van der Waals surface area (Å²) in [6, 6.07) is 13.7. The highest BCUT2D eigenvalue weighted by Crippen LogP contribution is 2.24. The summed E-state index contributed by atoms with van der Waals surface area (Å²) in [6.45, 7) is 2.17. The highest BCUT2D eigenvalue weighted by atomic mass is 19.1. The molecule has 0 unspecified atom stereocenters. The first kappa shape index (κ1) is 18.4. The van der Waals surface area contributed by atoms with Crippen molar-refractivity contribution in [2.45, 2.75) is 19.0 Å². The van der Waals surface area contributed by atoms with Crippen LogP contribution >= 0.6 is 0 Å². The lowest BCUT2D eigenvalue weighted by molar-refractivity contribution is -0.134. The number of carbonyl (C=O) groups excluding carboxylic acids is 1. The number of carbonyl (C=O) groups is 1. The first-order chi connectivity index (χ1) is 13.6.